The number of fused-ring (bicyclic) bond motifs is 1. The smallest absolute Gasteiger partial charge is 0.405 e. The van der Waals surface area contributed by atoms with E-state index in [1.54, 1.807) is 11.5 Å². The van der Waals surface area contributed by atoms with Crippen LogP contribution < -0.4 is 15.0 Å². The lowest BCUT2D eigenvalue weighted by Gasteiger charge is -2.32. The van der Waals surface area contributed by atoms with E-state index in [1.807, 2.05) is 23.2 Å². The van der Waals surface area contributed by atoms with Crippen LogP contribution in [0.5, 0.6) is 6.01 Å². The Kier molecular flexibility index (Phi) is 6.34. The van der Waals surface area contributed by atoms with Crippen molar-refractivity contribution in [2.24, 2.45) is 11.8 Å². The number of piperidine rings is 1. The predicted molar refractivity (Wildman–Crippen MR) is 121 cm³/mol. The monoisotopic (exact) mass is 500 g/mol. The average molecular weight is 500 g/mol. The summed E-state index contributed by atoms with van der Waals surface area (Å²) in [4.78, 5) is 34.2. The number of nitrogens with one attached hydrogen (secondary N) is 2. The van der Waals surface area contributed by atoms with E-state index in [4.69, 9.17) is 10.00 Å². The Balaban J connectivity index is 1.31. The number of carbonyl (C=O) groups is 1. The summed E-state index contributed by atoms with van der Waals surface area (Å²) in [6.07, 6.45) is 1.41. The van der Waals surface area contributed by atoms with Crippen LogP contribution in [0, 0.1) is 23.2 Å². The Morgan fingerprint density at radius 3 is 2.81 bits per heavy atom. The Bertz CT molecular complexity index is 1300. The molecule has 188 valence electrons. The molecule has 0 radical (unpaired) electrons. The molecule has 0 spiro atoms. The molecule has 4 heterocycles. The van der Waals surface area contributed by atoms with Crippen molar-refractivity contribution in [3.63, 3.8) is 0 Å². The molecule has 1 aliphatic heterocycles. The summed E-state index contributed by atoms with van der Waals surface area (Å²) in [7, 11) is 0. The number of H-pyrrole nitrogens is 1. The van der Waals surface area contributed by atoms with Gasteiger partial charge in [0.05, 0.1) is 18.6 Å². The number of aromatic amines is 1. The number of hydrogen-bond acceptors (Lipinski definition) is 8. The molecule has 2 fully saturated rings. The van der Waals surface area contributed by atoms with Gasteiger partial charge < -0.3 is 19.9 Å². The summed E-state index contributed by atoms with van der Waals surface area (Å²) in [6.45, 7) is -0.171. The van der Waals surface area contributed by atoms with Gasteiger partial charge in [0, 0.05) is 36.8 Å². The maximum Gasteiger partial charge on any atom is 0.405 e. The zero-order valence-electron chi connectivity index (χ0n) is 19.1. The molecule has 10 nitrogen and oxygen atoms in total. The van der Waals surface area contributed by atoms with Crippen molar-refractivity contribution in [3.05, 3.63) is 35.9 Å². The Hall–Kier alpha value is -3.95. The molecule has 1 aliphatic carbocycles. The van der Waals surface area contributed by atoms with E-state index in [0.717, 1.165) is 23.9 Å². The van der Waals surface area contributed by atoms with Crippen molar-refractivity contribution < 1.29 is 22.7 Å². The molecule has 1 saturated heterocycles. The summed E-state index contributed by atoms with van der Waals surface area (Å²) in [5.41, 5.74) is 2.01. The van der Waals surface area contributed by atoms with Gasteiger partial charge in [0.2, 0.25) is 11.8 Å². The molecule has 1 saturated carbocycles. The summed E-state index contributed by atoms with van der Waals surface area (Å²) in [6, 6.07) is 5.93. The fourth-order valence-corrected chi connectivity index (χ4v) is 4.39. The SMILES string of the molecule is N#CC1C[C@@H]1COc1nc(C(=O)NCC(F)(F)F)nc(N2CCC(c3c[nH]c4ncccc34)CC2)n1. The first kappa shape index (κ1) is 23.8. The van der Waals surface area contributed by atoms with Crippen LogP contribution in [0.4, 0.5) is 19.1 Å². The van der Waals surface area contributed by atoms with E-state index in [9.17, 15) is 18.0 Å². The number of nitriles is 1. The number of ether oxygens (including phenoxy) is 1. The van der Waals surface area contributed by atoms with E-state index in [1.165, 1.54) is 5.56 Å². The number of alkyl halides is 3. The third-order valence-corrected chi connectivity index (χ3v) is 6.47. The number of rotatable bonds is 7. The van der Waals surface area contributed by atoms with E-state index in [2.05, 4.69) is 31.0 Å². The van der Waals surface area contributed by atoms with Crippen LogP contribution >= 0.6 is 0 Å². The second-order valence-electron chi connectivity index (χ2n) is 8.99. The minimum Gasteiger partial charge on any atom is -0.463 e. The van der Waals surface area contributed by atoms with E-state index >= 15 is 0 Å². The molecule has 2 aliphatic rings. The Morgan fingerprint density at radius 2 is 2.08 bits per heavy atom. The predicted octanol–water partition coefficient (Wildman–Crippen LogP) is 2.96. The van der Waals surface area contributed by atoms with Crippen molar-refractivity contribution in [3.8, 4) is 12.1 Å². The summed E-state index contributed by atoms with van der Waals surface area (Å²) >= 11 is 0. The molecule has 2 N–H and O–H groups in total. The van der Waals surface area contributed by atoms with Gasteiger partial charge in [0.15, 0.2) is 0 Å². The first-order chi connectivity index (χ1) is 17.3. The minimum absolute atomic E-state index is 0.0409. The van der Waals surface area contributed by atoms with Crippen LogP contribution in [-0.2, 0) is 0 Å². The van der Waals surface area contributed by atoms with Crippen molar-refractivity contribution in [1.29, 1.82) is 5.26 Å². The maximum absolute atomic E-state index is 12.6. The summed E-state index contributed by atoms with van der Waals surface area (Å²) < 4.78 is 43.4. The van der Waals surface area contributed by atoms with Gasteiger partial charge in [-0.05, 0) is 42.9 Å². The second kappa shape index (κ2) is 9.60. The minimum atomic E-state index is -4.57. The molecule has 1 amide bonds. The summed E-state index contributed by atoms with van der Waals surface area (Å²) in [5.74, 6) is -1.12. The fourth-order valence-electron chi connectivity index (χ4n) is 4.39. The Morgan fingerprint density at radius 1 is 1.28 bits per heavy atom. The standard InChI is InChI=1S/C23H23F3N8O2/c24-23(25,26)12-30-20(35)19-31-21(33-22(32-19)36-11-15-8-14(15)9-27)34-6-3-13(4-7-34)17-10-29-18-16(17)2-1-5-28-18/h1-2,5,10,13-15H,3-4,6-8,11-12H2,(H,28,29)(H,30,35)/t14?,15-/m1/s1. The third-order valence-electron chi connectivity index (χ3n) is 6.47. The topological polar surface area (TPSA) is 133 Å². The lowest BCUT2D eigenvalue weighted by atomic mass is 9.89. The number of anilines is 1. The van der Waals surface area contributed by atoms with E-state index in [-0.39, 0.29) is 36.3 Å². The van der Waals surface area contributed by atoms with Gasteiger partial charge in [-0.3, -0.25) is 4.79 Å². The quantitative estimate of drug-likeness (QED) is 0.506. The highest BCUT2D eigenvalue weighted by atomic mass is 19.4. The molecular weight excluding hydrogens is 477 g/mol. The molecule has 2 atom stereocenters. The summed E-state index contributed by atoms with van der Waals surface area (Å²) in [5, 5.41) is 11.8. The van der Waals surface area contributed by atoms with Crippen LogP contribution in [0.3, 0.4) is 0 Å². The molecule has 36 heavy (non-hydrogen) atoms. The normalized spacial score (nSPS) is 20.2. The molecule has 1 unspecified atom stereocenters. The van der Waals surface area contributed by atoms with Crippen molar-refractivity contribution >= 4 is 22.9 Å². The lowest BCUT2D eigenvalue weighted by molar-refractivity contribution is -0.123. The van der Waals surface area contributed by atoms with Gasteiger partial charge in [-0.15, -0.1) is 0 Å². The number of hydrogen-bond donors (Lipinski definition) is 2. The van der Waals surface area contributed by atoms with E-state index in [0.29, 0.717) is 19.5 Å². The fraction of sp³-hybridized carbons (Fsp3) is 0.478. The van der Waals surface area contributed by atoms with Crippen LogP contribution in [0.1, 0.15) is 41.4 Å². The molecule has 5 rings (SSSR count). The molecular formula is C23H23F3N8O2. The van der Waals surface area contributed by atoms with Crippen molar-refractivity contribution in [2.45, 2.75) is 31.4 Å². The first-order valence-corrected chi connectivity index (χ1v) is 11.6. The van der Waals surface area contributed by atoms with Gasteiger partial charge >= 0.3 is 12.2 Å². The Labute approximate surface area is 203 Å². The van der Waals surface area contributed by atoms with Gasteiger partial charge in [0.1, 0.15) is 12.2 Å². The number of carbonyl (C=O) groups excluding carboxylic acids is 1. The number of aromatic nitrogens is 5. The van der Waals surface area contributed by atoms with Crippen LogP contribution in [0.25, 0.3) is 11.0 Å². The zero-order valence-corrected chi connectivity index (χ0v) is 19.1. The highest BCUT2D eigenvalue weighted by molar-refractivity contribution is 5.90. The number of halogens is 3. The molecule has 0 aromatic carbocycles. The number of amides is 1. The highest BCUT2D eigenvalue weighted by Gasteiger charge is 2.38. The van der Waals surface area contributed by atoms with E-state index < -0.39 is 24.5 Å². The molecule has 3 aromatic rings. The zero-order chi connectivity index (χ0) is 25.3. The first-order valence-electron chi connectivity index (χ1n) is 11.6. The highest BCUT2D eigenvalue weighted by Crippen LogP contribution is 2.38. The maximum atomic E-state index is 12.6. The second-order valence-corrected chi connectivity index (χ2v) is 8.99. The van der Waals surface area contributed by atoms with Crippen LogP contribution in [-0.4, -0.2) is 63.2 Å². The molecule has 3 aromatic heterocycles. The average Bonchev–Trinajstić information content (AvgIpc) is 3.52. The lowest BCUT2D eigenvalue weighted by Crippen LogP contribution is -2.37. The number of nitrogens with zero attached hydrogens (tertiary/aromatic N) is 6. The van der Waals surface area contributed by atoms with Crippen LogP contribution in [0.15, 0.2) is 24.5 Å². The van der Waals surface area contributed by atoms with Crippen molar-refractivity contribution in [1.82, 2.24) is 30.2 Å². The van der Waals surface area contributed by atoms with Gasteiger partial charge in [-0.25, -0.2) is 4.98 Å². The van der Waals surface area contributed by atoms with Gasteiger partial charge in [-0.2, -0.15) is 33.4 Å². The van der Waals surface area contributed by atoms with Crippen LogP contribution in [0.2, 0.25) is 0 Å². The van der Waals surface area contributed by atoms with Gasteiger partial charge in [0.25, 0.3) is 5.91 Å². The molecule has 0 bridgehead atoms. The van der Waals surface area contributed by atoms with Gasteiger partial charge in [-0.1, -0.05) is 0 Å². The van der Waals surface area contributed by atoms with Crippen molar-refractivity contribution in [2.75, 3.05) is 31.1 Å². The largest absolute Gasteiger partial charge is 0.463 e. The molecule has 13 heteroatoms. The third kappa shape index (κ3) is 5.32. The number of pyridine rings is 1.